The second-order valence-electron chi connectivity index (χ2n) is 4.54. The molecule has 0 aliphatic carbocycles. The average molecular weight is 358 g/mol. The minimum atomic E-state index is -0.166. The molecule has 0 radical (unpaired) electrons. The molecule has 1 rings (SSSR count). The number of rotatable bonds is 9. The van der Waals surface area contributed by atoms with E-state index in [1.54, 1.807) is 0 Å². The molecule has 0 unspecified atom stereocenters. The monoisotopic (exact) mass is 357 g/mol. The Bertz CT molecular complexity index is 447. The molecule has 0 amide bonds. The van der Waals surface area contributed by atoms with E-state index in [0.717, 1.165) is 29.0 Å². The van der Waals surface area contributed by atoms with E-state index in [9.17, 15) is 4.79 Å². The molecule has 0 aliphatic rings. The lowest BCUT2D eigenvalue weighted by Gasteiger charge is -2.24. The number of carbonyl (C=O) groups excluding carboxylic acids is 1. The van der Waals surface area contributed by atoms with E-state index in [0.29, 0.717) is 26.1 Å². The molecule has 1 aromatic carbocycles. The van der Waals surface area contributed by atoms with E-state index in [1.165, 1.54) is 0 Å². The summed E-state index contributed by atoms with van der Waals surface area (Å²) >= 11 is 3.50. The summed E-state index contributed by atoms with van der Waals surface area (Å²) < 4.78 is 11.8. The third-order valence-corrected chi connectivity index (χ3v) is 3.61. The Hall–Kier alpha value is -1.23. The Morgan fingerprint density at radius 3 is 2.57 bits per heavy atom. The van der Waals surface area contributed by atoms with Crippen molar-refractivity contribution in [2.24, 2.45) is 0 Å². The first-order chi connectivity index (χ1) is 10.1. The zero-order valence-corrected chi connectivity index (χ0v) is 14.6. The molecule has 4 nitrogen and oxygen atoms in total. The summed E-state index contributed by atoms with van der Waals surface area (Å²) in [4.78, 5) is 13.5. The Balaban J connectivity index is 2.60. The molecule has 0 bridgehead atoms. The zero-order chi connectivity index (χ0) is 15.7. The van der Waals surface area contributed by atoms with Gasteiger partial charge < -0.3 is 14.4 Å². The minimum Gasteiger partial charge on any atom is -0.491 e. The molecular formula is C16H24BrNO3. The number of nitrogens with zero attached hydrogens (tertiary/aromatic N) is 1. The quantitative estimate of drug-likeness (QED) is 0.494. The molecule has 118 valence electrons. The van der Waals surface area contributed by atoms with Crippen LogP contribution in [-0.4, -0.2) is 32.3 Å². The van der Waals surface area contributed by atoms with Crippen LogP contribution in [0, 0.1) is 0 Å². The van der Waals surface area contributed by atoms with Crippen LogP contribution in [0.15, 0.2) is 22.7 Å². The number of hydrogen-bond donors (Lipinski definition) is 0. The van der Waals surface area contributed by atoms with Crippen molar-refractivity contribution >= 4 is 27.6 Å². The smallest absolute Gasteiger partial charge is 0.305 e. The van der Waals surface area contributed by atoms with E-state index >= 15 is 0 Å². The van der Waals surface area contributed by atoms with Gasteiger partial charge in [0.1, 0.15) is 5.75 Å². The van der Waals surface area contributed by atoms with Gasteiger partial charge in [0.25, 0.3) is 0 Å². The number of anilines is 1. The van der Waals surface area contributed by atoms with E-state index in [4.69, 9.17) is 9.47 Å². The molecular weight excluding hydrogens is 334 g/mol. The summed E-state index contributed by atoms with van der Waals surface area (Å²) in [5.41, 5.74) is 1.07. The average Bonchev–Trinajstić information content (AvgIpc) is 2.47. The van der Waals surface area contributed by atoms with Gasteiger partial charge in [0.15, 0.2) is 0 Å². The lowest BCUT2D eigenvalue weighted by atomic mass is 10.2. The van der Waals surface area contributed by atoms with E-state index < -0.39 is 0 Å². The molecule has 0 heterocycles. The predicted octanol–water partition coefficient (Wildman–Crippen LogP) is 4.02. The molecule has 1 aromatic rings. The number of carbonyl (C=O) groups is 1. The first-order valence-corrected chi connectivity index (χ1v) is 8.24. The van der Waals surface area contributed by atoms with Gasteiger partial charge in [-0.25, -0.2) is 0 Å². The van der Waals surface area contributed by atoms with Crippen molar-refractivity contribution in [3.8, 4) is 5.75 Å². The highest BCUT2D eigenvalue weighted by molar-refractivity contribution is 9.10. The maximum absolute atomic E-state index is 11.3. The van der Waals surface area contributed by atoms with Crippen LogP contribution in [0.2, 0.25) is 0 Å². The third kappa shape index (κ3) is 5.96. The van der Waals surface area contributed by atoms with Gasteiger partial charge in [-0.05, 0) is 45.4 Å². The van der Waals surface area contributed by atoms with Crippen molar-refractivity contribution in [2.45, 2.75) is 33.6 Å². The molecule has 0 saturated heterocycles. The second-order valence-corrected chi connectivity index (χ2v) is 5.46. The van der Waals surface area contributed by atoms with Crippen molar-refractivity contribution in [3.63, 3.8) is 0 Å². The molecule has 5 heteroatoms. The highest BCUT2D eigenvalue weighted by atomic mass is 79.9. The first-order valence-electron chi connectivity index (χ1n) is 7.45. The zero-order valence-electron chi connectivity index (χ0n) is 13.0. The Labute approximate surface area is 135 Å². The number of halogens is 1. The van der Waals surface area contributed by atoms with Gasteiger partial charge in [0.05, 0.1) is 18.9 Å². The Kier molecular flexibility index (Phi) is 8.20. The van der Waals surface area contributed by atoms with E-state index in [1.807, 2.05) is 19.1 Å². The molecule has 0 aliphatic heterocycles. The normalized spacial score (nSPS) is 10.3. The summed E-state index contributed by atoms with van der Waals surface area (Å²) in [7, 11) is 0. The maximum atomic E-state index is 11.3. The molecule has 0 atom stereocenters. The topological polar surface area (TPSA) is 38.8 Å². The second kappa shape index (κ2) is 9.66. The summed E-state index contributed by atoms with van der Waals surface area (Å²) in [5.74, 6) is 0.687. The maximum Gasteiger partial charge on any atom is 0.305 e. The lowest BCUT2D eigenvalue weighted by molar-refractivity contribution is -0.143. The minimum absolute atomic E-state index is 0.166. The van der Waals surface area contributed by atoms with Crippen LogP contribution in [0.5, 0.6) is 5.75 Å². The van der Waals surface area contributed by atoms with Gasteiger partial charge in [0.2, 0.25) is 0 Å². The first kappa shape index (κ1) is 17.8. The van der Waals surface area contributed by atoms with Gasteiger partial charge in [-0.2, -0.15) is 0 Å². The van der Waals surface area contributed by atoms with Crippen LogP contribution < -0.4 is 9.64 Å². The van der Waals surface area contributed by atoms with Crippen molar-refractivity contribution in [3.05, 3.63) is 22.7 Å². The number of ether oxygens (including phenoxy) is 2. The molecule has 0 spiro atoms. The fourth-order valence-corrected chi connectivity index (χ4v) is 2.40. The molecule has 0 saturated carbocycles. The molecule has 21 heavy (non-hydrogen) atoms. The van der Waals surface area contributed by atoms with Crippen LogP contribution in [0.1, 0.15) is 33.6 Å². The van der Waals surface area contributed by atoms with Crippen LogP contribution in [0.3, 0.4) is 0 Å². The van der Waals surface area contributed by atoms with Gasteiger partial charge in [-0.15, -0.1) is 0 Å². The summed E-state index contributed by atoms with van der Waals surface area (Å²) in [6.07, 6.45) is 1.05. The van der Waals surface area contributed by atoms with Crippen LogP contribution >= 0.6 is 15.9 Å². The fourth-order valence-electron chi connectivity index (χ4n) is 2.06. The van der Waals surface area contributed by atoms with Crippen LogP contribution in [0.4, 0.5) is 5.69 Å². The highest BCUT2D eigenvalue weighted by Gasteiger charge is 2.10. The molecule has 0 fully saturated rings. The van der Waals surface area contributed by atoms with Crippen molar-refractivity contribution in [1.29, 1.82) is 0 Å². The number of hydrogen-bond acceptors (Lipinski definition) is 4. The number of esters is 1. The van der Waals surface area contributed by atoms with Crippen molar-refractivity contribution in [1.82, 2.24) is 0 Å². The highest BCUT2D eigenvalue weighted by Crippen LogP contribution is 2.31. The van der Waals surface area contributed by atoms with E-state index in [-0.39, 0.29) is 5.97 Å². The fraction of sp³-hybridized carbons (Fsp3) is 0.562. The SMILES string of the molecule is CCOC(=O)CCCOc1ccc(Br)cc1N(CC)CC. The van der Waals surface area contributed by atoms with Gasteiger partial charge in [-0.1, -0.05) is 15.9 Å². The van der Waals surface area contributed by atoms with Crippen LogP contribution in [-0.2, 0) is 9.53 Å². The van der Waals surface area contributed by atoms with Crippen LogP contribution in [0.25, 0.3) is 0 Å². The Morgan fingerprint density at radius 2 is 1.95 bits per heavy atom. The lowest BCUT2D eigenvalue weighted by Crippen LogP contribution is -2.22. The molecule has 0 N–H and O–H groups in total. The van der Waals surface area contributed by atoms with Gasteiger partial charge >= 0.3 is 5.97 Å². The van der Waals surface area contributed by atoms with E-state index in [2.05, 4.69) is 40.7 Å². The third-order valence-electron chi connectivity index (χ3n) is 3.11. The summed E-state index contributed by atoms with van der Waals surface area (Å²) in [5, 5.41) is 0. The Morgan fingerprint density at radius 1 is 1.24 bits per heavy atom. The standard InChI is InChI=1S/C16H24BrNO3/c1-4-18(5-2)14-12-13(17)9-10-15(14)21-11-7-8-16(19)20-6-3/h9-10,12H,4-8,11H2,1-3H3. The van der Waals surface area contributed by atoms with Crippen molar-refractivity contribution in [2.75, 3.05) is 31.2 Å². The number of benzene rings is 1. The van der Waals surface area contributed by atoms with Gasteiger partial charge in [-0.3, -0.25) is 4.79 Å². The molecule has 0 aromatic heterocycles. The predicted molar refractivity (Wildman–Crippen MR) is 89.1 cm³/mol. The largest absolute Gasteiger partial charge is 0.491 e. The summed E-state index contributed by atoms with van der Waals surface area (Å²) in [6, 6.07) is 5.99. The van der Waals surface area contributed by atoms with Gasteiger partial charge in [0, 0.05) is 24.0 Å². The van der Waals surface area contributed by atoms with Crippen molar-refractivity contribution < 1.29 is 14.3 Å². The summed E-state index contributed by atoms with van der Waals surface area (Å²) in [6.45, 7) is 8.84.